The third-order valence-electron chi connectivity index (χ3n) is 5.00. The fraction of sp³-hybridized carbons (Fsp3) is 0.611. The molecule has 2 N–H and O–H groups in total. The van der Waals surface area contributed by atoms with Crippen LogP contribution in [-0.2, 0) is 4.79 Å². The highest BCUT2D eigenvalue weighted by Crippen LogP contribution is 2.35. The van der Waals surface area contributed by atoms with Crippen molar-refractivity contribution in [3.8, 4) is 5.75 Å². The number of hydrogen-bond donors (Lipinski definition) is 2. The lowest BCUT2D eigenvalue weighted by atomic mass is 9.84. The Morgan fingerprint density at radius 2 is 2.05 bits per heavy atom. The molecule has 1 saturated carbocycles. The fourth-order valence-corrected chi connectivity index (χ4v) is 3.73. The number of aliphatic hydroxyl groups excluding tert-OH is 1. The van der Waals surface area contributed by atoms with Crippen molar-refractivity contribution >= 4 is 5.91 Å². The van der Waals surface area contributed by atoms with Crippen molar-refractivity contribution < 1.29 is 14.6 Å². The van der Waals surface area contributed by atoms with Gasteiger partial charge in [-0.25, -0.2) is 0 Å². The molecule has 1 aromatic rings. The smallest absolute Gasteiger partial charge is 0.220 e. The summed E-state index contributed by atoms with van der Waals surface area (Å²) in [6.07, 6.45) is 5.70. The highest BCUT2D eigenvalue weighted by atomic mass is 16.5. The van der Waals surface area contributed by atoms with Gasteiger partial charge in [-0.05, 0) is 36.8 Å². The van der Waals surface area contributed by atoms with Gasteiger partial charge in [-0.2, -0.15) is 0 Å². The lowest BCUT2D eigenvalue weighted by Crippen LogP contribution is -2.43. The Balaban J connectivity index is 1.60. The van der Waals surface area contributed by atoms with Crippen LogP contribution in [-0.4, -0.2) is 30.3 Å². The summed E-state index contributed by atoms with van der Waals surface area (Å²) in [5.74, 6) is 1.48. The maximum absolute atomic E-state index is 12.4. The number of benzene rings is 1. The fourth-order valence-electron chi connectivity index (χ4n) is 3.73. The number of nitrogens with one attached hydrogen (secondary N) is 1. The van der Waals surface area contributed by atoms with Gasteiger partial charge in [-0.3, -0.25) is 4.79 Å². The van der Waals surface area contributed by atoms with E-state index in [2.05, 4.69) is 11.4 Å². The molecule has 120 valence electrons. The van der Waals surface area contributed by atoms with E-state index in [0.29, 0.717) is 13.0 Å². The Morgan fingerprint density at radius 3 is 2.91 bits per heavy atom. The summed E-state index contributed by atoms with van der Waals surface area (Å²) in [5.41, 5.74) is 1.14. The molecule has 1 amide bonds. The molecule has 22 heavy (non-hydrogen) atoms. The molecule has 2 aliphatic rings. The molecule has 0 radical (unpaired) electrons. The first-order valence-corrected chi connectivity index (χ1v) is 8.40. The van der Waals surface area contributed by atoms with Crippen LogP contribution in [0.25, 0.3) is 0 Å². The highest BCUT2D eigenvalue weighted by Gasteiger charge is 2.28. The van der Waals surface area contributed by atoms with Crippen molar-refractivity contribution in [2.45, 2.75) is 50.5 Å². The van der Waals surface area contributed by atoms with Crippen LogP contribution in [0.2, 0.25) is 0 Å². The average Bonchev–Trinajstić information content (AvgIpc) is 2.55. The Bertz CT molecular complexity index is 517. The zero-order valence-corrected chi connectivity index (χ0v) is 13.0. The van der Waals surface area contributed by atoms with Gasteiger partial charge in [-0.15, -0.1) is 0 Å². The van der Waals surface area contributed by atoms with Crippen molar-refractivity contribution in [2.24, 2.45) is 5.92 Å². The third kappa shape index (κ3) is 3.43. The quantitative estimate of drug-likeness (QED) is 0.899. The summed E-state index contributed by atoms with van der Waals surface area (Å²) in [6, 6.07) is 8.14. The molecule has 0 unspecified atom stereocenters. The molecule has 1 fully saturated rings. The lowest BCUT2D eigenvalue weighted by Gasteiger charge is -2.32. The van der Waals surface area contributed by atoms with Crippen LogP contribution >= 0.6 is 0 Å². The topological polar surface area (TPSA) is 58.6 Å². The molecule has 3 atom stereocenters. The lowest BCUT2D eigenvalue weighted by molar-refractivity contribution is -0.123. The summed E-state index contributed by atoms with van der Waals surface area (Å²) in [7, 11) is 0. The minimum atomic E-state index is 0.104. The van der Waals surface area contributed by atoms with Gasteiger partial charge in [-0.1, -0.05) is 31.0 Å². The Morgan fingerprint density at radius 1 is 1.23 bits per heavy atom. The van der Waals surface area contributed by atoms with Gasteiger partial charge in [0.2, 0.25) is 5.91 Å². The zero-order valence-electron chi connectivity index (χ0n) is 13.0. The Labute approximate surface area is 131 Å². The summed E-state index contributed by atoms with van der Waals surface area (Å²) in [5, 5.41) is 12.6. The average molecular weight is 303 g/mol. The van der Waals surface area contributed by atoms with Crippen LogP contribution in [0.1, 0.15) is 50.0 Å². The molecule has 0 bridgehead atoms. The molecule has 1 aromatic carbocycles. The first-order chi connectivity index (χ1) is 10.8. The van der Waals surface area contributed by atoms with Gasteiger partial charge in [0.1, 0.15) is 5.75 Å². The summed E-state index contributed by atoms with van der Waals surface area (Å²) >= 11 is 0. The van der Waals surface area contributed by atoms with E-state index >= 15 is 0 Å². The highest BCUT2D eigenvalue weighted by molar-refractivity contribution is 5.77. The number of para-hydroxylation sites is 1. The molecular weight excluding hydrogens is 278 g/mol. The van der Waals surface area contributed by atoms with E-state index in [4.69, 9.17) is 4.74 Å². The van der Waals surface area contributed by atoms with E-state index in [1.165, 1.54) is 0 Å². The number of ether oxygens (including phenoxy) is 1. The molecule has 4 heteroatoms. The molecule has 3 rings (SSSR count). The number of carbonyl (C=O) groups is 1. The van der Waals surface area contributed by atoms with Gasteiger partial charge in [0.25, 0.3) is 0 Å². The number of rotatable bonds is 4. The minimum absolute atomic E-state index is 0.104. The molecule has 1 aliphatic heterocycles. The summed E-state index contributed by atoms with van der Waals surface area (Å²) in [6.45, 7) is 0.850. The van der Waals surface area contributed by atoms with Crippen LogP contribution in [0.15, 0.2) is 24.3 Å². The minimum Gasteiger partial charge on any atom is -0.493 e. The van der Waals surface area contributed by atoms with Crippen molar-refractivity contribution in [2.75, 3.05) is 13.2 Å². The van der Waals surface area contributed by atoms with E-state index in [-0.39, 0.29) is 30.4 Å². The van der Waals surface area contributed by atoms with Gasteiger partial charge < -0.3 is 15.2 Å². The predicted molar refractivity (Wildman–Crippen MR) is 84.9 cm³/mol. The van der Waals surface area contributed by atoms with Crippen LogP contribution < -0.4 is 10.1 Å². The van der Waals surface area contributed by atoms with Gasteiger partial charge in [0.05, 0.1) is 6.61 Å². The Kier molecular flexibility index (Phi) is 4.98. The molecule has 0 aromatic heterocycles. The largest absolute Gasteiger partial charge is 0.493 e. The summed E-state index contributed by atoms with van der Waals surface area (Å²) < 4.78 is 5.65. The molecule has 0 spiro atoms. The van der Waals surface area contributed by atoms with E-state index in [1.807, 2.05) is 18.2 Å². The maximum atomic E-state index is 12.4. The molecular formula is C18H25NO3. The number of hydrogen-bond acceptors (Lipinski definition) is 3. The second-order valence-corrected chi connectivity index (χ2v) is 6.48. The molecule has 4 nitrogen and oxygen atoms in total. The van der Waals surface area contributed by atoms with E-state index in [1.54, 1.807) is 0 Å². The molecule has 1 aliphatic carbocycles. The van der Waals surface area contributed by atoms with Crippen LogP contribution in [0, 0.1) is 5.92 Å². The Hall–Kier alpha value is -1.55. The van der Waals surface area contributed by atoms with Gasteiger partial charge in [0, 0.05) is 25.0 Å². The predicted octanol–water partition coefficient (Wildman–Crippen LogP) is 2.61. The number of carbonyl (C=O) groups excluding carboxylic acids is 1. The number of fused-ring (bicyclic) bond motifs is 1. The van der Waals surface area contributed by atoms with Crippen LogP contribution in [0.3, 0.4) is 0 Å². The van der Waals surface area contributed by atoms with E-state index in [9.17, 15) is 9.90 Å². The molecule has 0 saturated heterocycles. The van der Waals surface area contributed by atoms with E-state index < -0.39 is 0 Å². The summed E-state index contributed by atoms with van der Waals surface area (Å²) in [4.78, 5) is 12.4. The van der Waals surface area contributed by atoms with Gasteiger partial charge >= 0.3 is 0 Å². The number of amides is 1. The van der Waals surface area contributed by atoms with Crippen molar-refractivity contribution in [3.63, 3.8) is 0 Å². The number of aliphatic hydroxyl groups is 1. The first-order valence-electron chi connectivity index (χ1n) is 8.40. The van der Waals surface area contributed by atoms with Crippen molar-refractivity contribution in [1.29, 1.82) is 0 Å². The van der Waals surface area contributed by atoms with E-state index in [0.717, 1.165) is 43.4 Å². The van der Waals surface area contributed by atoms with Crippen molar-refractivity contribution in [3.05, 3.63) is 29.8 Å². The second-order valence-electron chi connectivity index (χ2n) is 6.48. The standard InChI is InChI=1S/C18H25NO3/c20-12-14-5-1-3-7-16(14)19-18(21)11-13-9-10-22-17-8-4-2-6-15(13)17/h2,4,6,8,13-14,16,20H,1,3,5,7,9-12H2,(H,19,21)/t13-,14+,16+/m0/s1. The van der Waals surface area contributed by atoms with Crippen LogP contribution in [0.5, 0.6) is 5.75 Å². The first kappa shape index (κ1) is 15.3. The van der Waals surface area contributed by atoms with Gasteiger partial charge in [0.15, 0.2) is 0 Å². The van der Waals surface area contributed by atoms with Crippen LogP contribution in [0.4, 0.5) is 0 Å². The SMILES string of the molecule is O=C(C[C@@H]1CCOc2ccccc21)N[C@@H]1CCCC[C@@H]1CO. The second kappa shape index (κ2) is 7.14. The monoisotopic (exact) mass is 303 g/mol. The zero-order chi connectivity index (χ0) is 15.4. The molecule has 1 heterocycles. The van der Waals surface area contributed by atoms with Crippen molar-refractivity contribution in [1.82, 2.24) is 5.32 Å². The maximum Gasteiger partial charge on any atom is 0.220 e. The normalized spacial score (nSPS) is 27.6. The third-order valence-corrected chi connectivity index (χ3v) is 5.00.